The Morgan fingerprint density at radius 1 is 1.12 bits per heavy atom. The number of amides is 1. The predicted molar refractivity (Wildman–Crippen MR) is 67.3 cm³/mol. The summed E-state index contributed by atoms with van der Waals surface area (Å²) in [4.78, 5) is 16.5. The van der Waals surface area contributed by atoms with Crippen LogP contribution in [0, 0.1) is 11.3 Å². The Morgan fingerprint density at radius 3 is 2.00 bits per heavy atom. The van der Waals surface area contributed by atoms with Crippen LogP contribution in [0.4, 0.5) is 0 Å². The molecule has 3 nitrogen and oxygen atoms in total. The third kappa shape index (κ3) is 3.78. The number of nitrogens with zero attached hydrogens (tertiary/aromatic N) is 2. The molecule has 0 N–H and O–H groups in total. The van der Waals surface area contributed by atoms with Crippen LogP contribution in [0.5, 0.6) is 0 Å². The van der Waals surface area contributed by atoms with Gasteiger partial charge in [0.1, 0.15) is 0 Å². The minimum Gasteiger partial charge on any atom is -0.340 e. The first-order valence-electron chi connectivity index (χ1n) is 6.32. The van der Waals surface area contributed by atoms with Crippen molar-refractivity contribution in [2.75, 3.05) is 32.7 Å². The molecule has 94 valence electrons. The zero-order valence-corrected chi connectivity index (χ0v) is 11.4. The SMILES string of the molecule is CC(C)CN1CCN(C(=O)C(C)(C)C)CC1. The maximum atomic E-state index is 12.1. The summed E-state index contributed by atoms with van der Waals surface area (Å²) >= 11 is 0. The van der Waals surface area contributed by atoms with Crippen LogP contribution in [-0.2, 0) is 4.79 Å². The molecular weight excluding hydrogens is 200 g/mol. The topological polar surface area (TPSA) is 23.6 Å². The van der Waals surface area contributed by atoms with E-state index in [0.717, 1.165) is 32.7 Å². The first-order chi connectivity index (χ1) is 7.30. The summed E-state index contributed by atoms with van der Waals surface area (Å²) in [7, 11) is 0. The van der Waals surface area contributed by atoms with Crippen molar-refractivity contribution in [2.45, 2.75) is 34.6 Å². The molecule has 0 radical (unpaired) electrons. The molecule has 0 aliphatic carbocycles. The van der Waals surface area contributed by atoms with E-state index in [-0.39, 0.29) is 11.3 Å². The predicted octanol–water partition coefficient (Wildman–Crippen LogP) is 1.83. The summed E-state index contributed by atoms with van der Waals surface area (Å²) in [5.41, 5.74) is -0.236. The molecular formula is C13H26N2O. The third-order valence-electron chi connectivity index (χ3n) is 2.92. The zero-order chi connectivity index (χ0) is 12.3. The van der Waals surface area contributed by atoms with Gasteiger partial charge in [0.25, 0.3) is 0 Å². The second-order valence-corrected chi connectivity index (χ2v) is 6.24. The average molecular weight is 226 g/mol. The van der Waals surface area contributed by atoms with Gasteiger partial charge in [-0.2, -0.15) is 0 Å². The van der Waals surface area contributed by atoms with Crippen LogP contribution >= 0.6 is 0 Å². The van der Waals surface area contributed by atoms with Gasteiger partial charge in [-0.25, -0.2) is 0 Å². The molecule has 0 unspecified atom stereocenters. The number of carbonyl (C=O) groups excluding carboxylic acids is 1. The molecule has 0 aromatic heterocycles. The van der Waals surface area contributed by atoms with Crippen molar-refractivity contribution < 1.29 is 4.79 Å². The molecule has 1 aliphatic rings. The Morgan fingerprint density at radius 2 is 1.62 bits per heavy atom. The highest BCUT2D eigenvalue weighted by atomic mass is 16.2. The van der Waals surface area contributed by atoms with E-state index in [1.165, 1.54) is 0 Å². The van der Waals surface area contributed by atoms with Crippen molar-refractivity contribution in [3.05, 3.63) is 0 Å². The summed E-state index contributed by atoms with van der Waals surface area (Å²) in [5.74, 6) is 1.00. The number of hydrogen-bond donors (Lipinski definition) is 0. The summed E-state index contributed by atoms with van der Waals surface area (Å²) in [6.07, 6.45) is 0. The molecule has 1 amide bonds. The highest BCUT2D eigenvalue weighted by molar-refractivity contribution is 5.81. The van der Waals surface area contributed by atoms with Crippen molar-refractivity contribution in [1.29, 1.82) is 0 Å². The van der Waals surface area contributed by atoms with Crippen molar-refractivity contribution in [2.24, 2.45) is 11.3 Å². The minimum atomic E-state index is -0.236. The molecule has 1 saturated heterocycles. The van der Waals surface area contributed by atoms with Gasteiger partial charge >= 0.3 is 0 Å². The summed E-state index contributed by atoms with van der Waals surface area (Å²) in [6, 6.07) is 0. The first-order valence-corrected chi connectivity index (χ1v) is 6.32. The fraction of sp³-hybridized carbons (Fsp3) is 0.923. The van der Waals surface area contributed by atoms with Crippen LogP contribution in [-0.4, -0.2) is 48.4 Å². The Kier molecular flexibility index (Phi) is 4.36. The number of piperazine rings is 1. The maximum Gasteiger partial charge on any atom is 0.228 e. The standard InChI is InChI=1S/C13H26N2O/c1-11(2)10-14-6-8-15(9-7-14)12(16)13(3,4)5/h11H,6-10H2,1-5H3. The van der Waals surface area contributed by atoms with E-state index >= 15 is 0 Å². The van der Waals surface area contributed by atoms with Crippen LogP contribution in [0.15, 0.2) is 0 Å². The van der Waals surface area contributed by atoms with Gasteiger partial charge in [0.05, 0.1) is 0 Å². The van der Waals surface area contributed by atoms with Gasteiger partial charge in [0, 0.05) is 38.1 Å². The number of carbonyl (C=O) groups is 1. The smallest absolute Gasteiger partial charge is 0.228 e. The second-order valence-electron chi connectivity index (χ2n) is 6.24. The minimum absolute atomic E-state index is 0.236. The lowest BCUT2D eigenvalue weighted by atomic mass is 9.94. The summed E-state index contributed by atoms with van der Waals surface area (Å²) in [6.45, 7) is 15.5. The second kappa shape index (κ2) is 5.17. The summed E-state index contributed by atoms with van der Waals surface area (Å²) < 4.78 is 0. The molecule has 0 saturated carbocycles. The normalized spacial score (nSPS) is 19.2. The molecule has 0 atom stereocenters. The van der Waals surface area contributed by atoms with E-state index in [0.29, 0.717) is 5.92 Å². The Bertz CT molecular complexity index is 235. The van der Waals surface area contributed by atoms with Crippen molar-refractivity contribution >= 4 is 5.91 Å². The summed E-state index contributed by atoms with van der Waals surface area (Å²) in [5, 5.41) is 0. The van der Waals surface area contributed by atoms with E-state index in [9.17, 15) is 4.79 Å². The van der Waals surface area contributed by atoms with Crippen molar-refractivity contribution in [1.82, 2.24) is 9.80 Å². The fourth-order valence-electron chi connectivity index (χ4n) is 2.12. The van der Waals surface area contributed by atoms with E-state index in [4.69, 9.17) is 0 Å². The lowest BCUT2D eigenvalue weighted by molar-refractivity contribution is -0.141. The number of rotatable bonds is 2. The average Bonchev–Trinajstić information content (AvgIpc) is 2.15. The van der Waals surface area contributed by atoms with E-state index in [2.05, 4.69) is 18.7 Å². The molecule has 3 heteroatoms. The van der Waals surface area contributed by atoms with Crippen LogP contribution in [0.25, 0.3) is 0 Å². The van der Waals surface area contributed by atoms with Crippen LogP contribution in [0.3, 0.4) is 0 Å². The molecule has 0 bridgehead atoms. The molecule has 1 fully saturated rings. The Hall–Kier alpha value is -0.570. The molecule has 1 rings (SSSR count). The van der Waals surface area contributed by atoms with Crippen LogP contribution in [0.2, 0.25) is 0 Å². The zero-order valence-electron chi connectivity index (χ0n) is 11.4. The van der Waals surface area contributed by atoms with Crippen LogP contribution < -0.4 is 0 Å². The lowest BCUT2D eigenvalue weighted by Crippen LogP contribution is -2.52. The monoisotopic (exact) mass is 226 g/mol. The highest BCUT2D eigenvalue weighted by Gasteiger charge is 2.29. The van der Waals surface area contributed by atoms with Crippen LogP contribution in [0.1, 0.15) is 34.6 Å². The largest absolute Gasteiger partial charge is 0.340 e. The van der Waals surface area contributed by atoms with E-state index < -0.39 is 0 Å². The Labute approximate surface area is 99.8 Å². The fourth-order valence-corrected chi connectivity index (χ4v) is 2.12. The first kappa shape index (κ1) is 13.5. The molecule has 1 heterocycles. The van der Waals surface area contributed by atoms with E-state index in [1.807, 2.05) is 25.7 Å². The van der Waals surface area contributed by atoms with Gasteiger partial charge in [-0.15, -0.1) is 0 Å². The molecule has 1 aliphatic heterocycles. The quantitative estimate of drug-likeness (QED) is 0.717. The maximum absolute atomic E-state index is 12.1. The van der Waals surface area contributed by atoms with Gasteiger partial charge in [0.2, 0.25) is 5.91 Å². The third-order valence-corrected chi connectivity index (χ3v) is 2.92. The molecule has 16 heavy (non-hydrogen) atoms. The Balaban J connectivity index is 2.40. The van der Waals surface area contributed by atoms with E-state index in [1.54, 1.807) is 0 Å². The van der Waals surface area contributed by atoms with Crippen molar-refractivity contribution in [3.8, 4) is 0 Å². The van der Waals surface area contributed by atoms with Gasteiger partial charge in [-0.3, -0.25) is 9.69 Å². The van der Waals surface area contributed by atoms with Gasteiger partial charge in [0.15, 0.2) is 0 Å². The van der Waals surface area contributed by atoms with Gasteiger partial charge in [-0.1, -0.05) is 34.6 Å². The molecule has 0 aromatic carbocycles. The molecule has 0 aromatic rings. The lowest BCUT2D eigenvalue weighted by Gasteiger charge is -2.38. The van der Waals surface area contributed by atoms with Gasteiger partial charge < -0.3 is 4.90 Å². The van der Waals surface area contributed by atoms with Crippen molar-refractivity contribution in [3.63, 3.8) is 0 Å². The molecule has 0 spiro atoms. The number of hydrogen-bond acceptors (Lipinski definition) is 2. The highest BCUT2D eigenvalue weighted by Crippen LogP contribution is 2.18. The van der Waals surface area contributed by atoms with Gasteiger partial charge in [-0.05, 0) is 5.92 Å².